The van der Waals surface area contributed by atoms with E-state index in [0.29, 0.717) is 13.1 Å². The number of carbonyl (C=O) groups is 2. The lowest BCUT2D eigenvalue weighted by atomic mass is 10.0. The fourth-order valence-corrected chi connectivity index (χ4v) is 3.66. The van der Waals surface area contributed by atoms with Crippen LogP contribution < -0.4 is 15.5 Å². The molecule has 1 heterocycles. The quantitative estimate of drug-likeness (QED) is 0.514. The van der Waals surface area contributed by atoms with Gasteiger partial charge in [-0.1, -0.05) is 55.8 Å². The third kappa shape index (κ3) is 5.47. The predicted molar refractivity (Wildman–Crippen MR) is 118 cm³/mol. The van der Waals surface area contributed by atoms with Gasteiger partial charge >= 0.3 is 6.03 Å². The molecule has 0 aliphatic carbocycles. The zero-order valence-corrected chi connectivity index (χ0v) is 16.8. The van der Waals surface area contributed by atoms with Gasteiger partial charge in [-0.2, -0.15) is 0 Å². The number of anilines is 2. The first-order valence-electron chi connectivity index (χ1n) is 10.3. The van der Waals surface area contributed by atoms with Crippen LogP contribution in [0.3, 0.4) is 0 Å². The zero-order chi connectivity index (χ0) is 20.5. The van der Waals surface area contributed by atoms with Crippen molar-refractivity contribution in [3.8, 4) is 0 Å². The van der Waals surface area contributed by atoms with E-state index in [-0.39, 0.29) is 11.9 Å². The highest BCUT2D eigenvalue weighted by atomic mass is 16.2. The van der Waals surface area contributed by atoms with Gasteiger partial charge in [-0.05, 0) is 55.0 Å². The van der Waals surface area contributed by atoms with Crippen molar-refractivity contribution in [1.82, 2.24) is 10.6 Å². The number of urea groups is 1. The molecule has 0 spiro atoms. The second kappa shape index (κ2) is 10.5. The van der Waals surface area contributed by atoms with E-state index < -0.39 is 0 Å². The van der Waals surface area contributed by atoms with Gasteiger partial charge in [0, 0.05) is 13.1 Å². The molecule has 0 fully saturated rings. The molecular formula is C24H29N3O2. The van der Waals surface area contributed by atoms with E-state index in [2.05, 4.69) is 29.3 Å². The highest BCUT2D eigenvalue weighted by Crippen LogP contribution is 2.35. The number of aryl methyl sites for hydroxylation is 2. The van der Waals surface area contributed by atoms with Crippen LogP contribution in [0.15, 0.2) is 61.2 Å². The molecule has 3 rings (SSSR count). The van der Waals surface area contributed by atoms with Crippen LogP contribution in [0.1, 0.15) is 36.8 Å². The third-order valence-electron chi connectivity index (χ3n) is 5.20. The molecule has 2 aromatic carbocycles. The fraction of sp³-hybridized carbons (Fsp3) is 0.333. The van der Waals surface area contributed by atoms with E-state index in [1.54, 1.807) is 0 Å². The molecule has 1 aliphatic heterocycles. The van der Waals surface area contributed by atoms with Gasteiger partial charge in [0.2, 0.25) is 5.91 Å². The summed E-state index contributed by atoms with van der Waals surface area (Å²) in [5.74, 6) is -0.129. The van der Waals surface area contributed by atoms with Crippen LogP contribution >= 0.6 is 0 Å². The Hall–Kier alpha value is -3.08. The van der Waals surface area contributed by atoms with Crippen molar-refractivity contribution >= 4 is 23.3 Å². The minimum atomic E-state index is -0.129. The number of para-hydroxylation sites is 2. The standard InChI is InChI=1S/C24H29N3O2/c1-2-23(28)25-17-9-3-4-10-18-26-24(29)27-21-13-7-5-11-19(21)15-16-20-12-6-8-14-22(20)27/h2,5-8,11-14H,1,3-4,9-10,15-18H2,(H,25,28)(H,26,29). The molecule has 5 nitrogen and oxygen atoms in total. The summed E-state index contributed by atoms with van der Waals surface area (Å²) in [6.07, 6.45) is 7.02. The van der Waals surface area contributed by atoms with Gasteiger partial charge < -0.3 is 10.6 Å². The van der Waals surface area contributed by atoms with E-state index >= 15 is 0 Å². The van der Waals surface area contributed by atoms with Gasteiger partial charge in [-0.25, -0.2) is 4.79 Å². The summed E-state index contributed by atoms with van der Waals surface area (Å²) in [4.78, 5) is 26.0. The van der Waals surface area contributed by atoms with E-state index in [4.69, 9.17) is 0 Å². The number of hydrogen-bond acceptors (Lipinski definition) is 2. The van der Waals surface area contributed by atoms with Gasteiger partial charge in [0.1, 0.15) is 0 Å². The molecule has 2 aromatic rings. The van der Waals surface area contributed by atoms with Crippen LogP contribution in [0.4, 0.5) is 16.2 Å². The molecular weight excluding hydrogens is 362 g/mol. The SMILES string of the molecule is C=CC(=O)NCCCCCCNC(=O)N1c2ccccc2CCc2ccccc21. The predicted octanol–water partition coefficient (Wildman–Crippen LogP) is 4.50. The molecule has 0 saturated heterocycles. The van der Waals surface area contributed by atoms with Crippen molar-refractivity contribution < 1.29 is 9.59 Å². The minimum Gasteiger partial charge on any atom is -0.353 e. The Bertz CT molecular complexity index is 815. The number of hydrogen-bond donors (Lipinski definition) is 2. The fourth-order valence-electron chi connectivity index (χ4n) is 3.66. The Balaban J connectivity index is 1.54. The topological polar surface area (TPSA) is 61.4 Å². The van der Waals surface area contributed by atoms with Crippen molar-refractivity contribution in [1.29, 1.82) is 0 Å². The first kappa shape index (κ1) is 20.6. The molecule has 0 aromatic heterocycles. The van der Waals surface area contributed by atoms with Crippen molar-refractivity contribution in [2.45, 2.75) is 38.5 Å². The summed E-state index contributed by atoms with van der Waals surface area (Å²) in [6, 6.07) is 16.2. The van der Waals surface area contributed by atoms with Gasteiger partial charge in [0.25, 0.3) is 0 Å². The average Bonchev–Trinajstić information content (AvgIpc) is 2.92. The summed E-state index contributed by atoms with van der Waals surface area (Å²) in [7, 11) is 0. The number of carbonyl (C=O) groups excluding carboxylic acids is 2. The van der Waals surface area contributed by atoms with Crippen molar-refractivity contribution in [3.63, 3.8) is 0 Å². The second-order valence-corrected chi connectivity index (χ2v) is 7.23. The number of fused-ring (bicyclic) bond motifs is 2. The van der Waals surface area contributed by atoms with Crippen molar-refractivity contribution in [2.24, 2.45) is 0 Å². The van der Waals surface area contributed by atoms with E-state index in [9.17, 15) is 9.59 Å². The Morgan fingerprint density at radius 3 is 1.90 bits per heavy atom. The maximum Gasteiger partial charge on any atom is 0.326 e. The summed E-state index contributed by atoms with van der Waals surface area (Å²) < 4.78 is 0. The lowest BCUT2D eigenvalue weighted by Gasteiger charge is -2.25. The normalized spacial score (nSPS) is 12.3. The number of benzene rings is 2. The van der Waals surface area contributed by atoms with Crippen LogP contribution in [0.2, 0.25) is 0 Å². The van der Waals surface area contributed by atoms with Crippen LogP contribution in [0.5, 0.6) is 0 Å². The maximum atomic E-state index is 13.1. The zero-order valence-electron chi connectivity index (χ0n) is 16.8. The number of nitrogens with zero attached hydrogens (tertiary/aromatic N) is 1. The Labute approximate surface area is 172 Å². The molecule has 3 amide bonds. The molecule has 152 valence electrons. The van der Waals surface area contributed by atoms with Crippen molar-refractivity contribution in [3.05, 3.63) is 72.3 Å². The molecule has 0 bridgehead atoms. The minimum absolute atomic E-state index is 0.0787. The highest BCUT2D eigenvalue weighted by molar-refractivity contribution is 6.01. The van der Waals surface area contributed by atoms with E-state index in [1.165, 1.54) is 17.2 Å². The van der Waals surface area contributed by atoms with Gasteiger partial charge in [0.15, 0.2) is 0 Å². The van der Waals surface area contributed by atoms with E-state index in [1.807, 2.05) is 41.3 Å². The summed E-state index contributed by atoms with van der Waals surface area (Å²) >= 11 is 0. The number of rotatable bonds is 8. The second-order valence-electron chi connectivity index (χ2n) is 7.23. The molecule has 29 heavy (non-hydrogen) atoms. The summed E-state index contributed by atoms with van der Waals surface area (Å²) in [6.45, 7) is 4.74. The van der Waals surface area contributed by atoms with Crippen LogP contribution in [-0.2, 0) is 17.6 Å². The lowest BCUT2D eigenvalue weighted by Crippen LogP contribution is -2.37. The largest absolute Gasteiger partial charge is 0.353 e. The third-order valence-corrected chi connectivity index (χ3v) is 5.20. The smallest absolute Gasteiger partial charge is 0.326 e. The van der Waals surface area contributed by atoms with Gasteiger partial charge in [0.05, 0.1) is 11.4 Å². The average molecular weight is 392 g/mol. The summed E-state index contributed by atoms with van der Waals surface area (Å²) in [5.41, 5.74) is 4.32. The first-order chi connectivity index (χ1) is 14.2. The first-order valence-corrected chi connectivity index (χ1v) is 10.3. The van der Waals surface area contributed by atoms with E-state index in [0.717, 1.165) is 49.9 Å². The molecule has 5 heteroatoms. The Morgan fingerprint density at radius 1 is 0.828 bits per heavy atom. The molecule has 0 radical (unpaired) electrons. The monoisotopic (exact) mass is 391 g/mol. The molecule has 1 aliphatic rings. The Morgan fingerprint density at radius 2 is 1.34 bits per heavy atom. The number of amides is 3. The van der Waals surface area contributed by atoms with Crippen molar-refractivity contribution in [2.75, 3.05) is 18.0 Å². The Kier molecular flexibility index (Phi) is 7.45. The summed E-state index contributed by atoms with van der Waals surface area (Å²) in [5, 5.41) is 5.86. The van der Waals surface area contributed by atoms with Crippen LogP contribution in [0, 0.1) is 0 Å². The molecule has 2 N–H and O–H groups in total. The number of unbranched alkanes of at least 4 members (excludes halogenated alkanes) is 3. The molecule has 0 unspecified atom stereocenters. The maximum absolute atomic E-state index is 13.1. The lowest BCUT2D eigenvalue weighted by molar-refractivity contribution is -0.116. The van der Waals surface area contributed by atoms with Crippen LogP contribution in [0.25, 0.3) is 0 Å². The molecule has 0 saturated carbocycles. The highest BCUT2D eigenvalue weighted by Gasteiger charge is 2.25. The van der Waals surface area contributed by atoms with Gasteiger partial charge in [-0.3, -0.25) is 9.69 Å². The molecule has 0 atom stereocenters. The number of nitrogens with one attached hydrogen (secondary N) is 2. The van der Waals surface area contributed by atoms with Crippen LogP contribution in [-0.4, -0.2) is 25.0 Å². The van der Waals surface area contributed by atoms with Gasteiger partial charge in [-0.15, -0.1) is 0 Å².